The molecule has 0 heteroatoms. The third-order valence-corrected chi connectivity index (χ3v) is 5.11. The predicted molar refractivity (Wildman–Crippen MR) is 73.9 cm³/mol. The maximum atomic E-state index is 2.60. The summed E-state index contributed by atoms with van der Waals surface area (Å²) >= 11 is 0. The molecule has 0 radical (unpaired) electrons. The van der Waals surface area contributed by atoms with Crippen LogP contribution in [-0.2, 0) is 0 Å². The van der Waals surface area contributed by atoms with Gasteiger partial charge in [-0.05, 0) is 74.3 Å². The molecule has 3 aliphatic carbocycles. The summed E-state index contributed by atoms with van der Waals surface area (Å²) in [5.74, 6) is 1.96. The molecule has 0 heterocycles. The summed E-state index contributed by atoms with van der Waals surface area (Å²) in [6, 6.07) is 0. The van der Waals surface area contributed by atoms with E-state index in [9.17, 15) is 0 Å². The molecule has 1 unspecified atom stereocenters. The van der Waals surface area contributed by atoms with Crippen LogP contribution in [0.4, 0.5) is 0 Å². The molecule has 94 valence electrons. The quantitative estimate of drug-likeness (QED) is 0.595. The van der Waals surface area contributed by atoms with E-state index in [1.54, 1.807) is 11.1 Å². The average molecular weight is 230 g/mol. The van der Waals surface area contributed by atoms with Crippen molar-refractivity contribution in [3.05, 3.63) is 23.3 Å². The van der Waals surface area contributed by atoms with Crippen LogP contribution in [0.3, 0.4) is 0 Å². The van der Waals surface area contributed by atoms with Crippen molar-refractivity contribution in [2.24, 2.45) is 11.8 Å². The van der Waals surface area contributed by atoms with Gasteiger partial charge < -0.3 is 0 Å². The molecule has 0 bridgehead atoms. The zero-order valence-corrected chi connectivity index (χ0v) is 11.1. The van der Waals surface area contributed by atoms with Gasteiger partial charge in [0.15, 0.2) is 0 Å². The highest BCUT2D eigenvalue weighted by Crippen LogP contribution is 2.43. The van der Waals surface area contributed by atoms with Crippen LogP contribution in [0, 0.1) is 11.8 Å². The Bertz CT molecular complexity index is 315. The van der Waals surface area contributed by atoms with Gasteiger partial charge in [0.1, 0.15) is 0 Å². The standard InChI is InChI=1S/C17H26/c1-2-8-14(9-3-1)16-12-6-7-13-17(16)15-10-4-5-11-15/h10,13-14,16H,1-9,11-12H2. The van der Waals surface area contributed by atoms with Gasteiger partial charge in [-0.1, -0.05) is 31.4 Å². The fourth-order valence-electron chi connectivity index (χ4n) is 4.23. The molecule has 0 spiro atoms. The van der Waals surface area contributed by atoms with E-state index in [1.807, 2.05) is 0 Å². The highest BCUT2D eigenvalue weighted by Gasteiger charge is 2.29. The molecule has 0 saturated heterocycles. The van der Waals surface area contributed by atoms with Crippen molar-refractivity contribution in [3.8, 4) is 0 Å². The normalized spacial score (nSPS) is 31.2. The summed E-state index contributed by atoms with van der Waals surface area (Å²) in [5.41, 5.74) is 3.53. The van der Waals surface area contributed by atoms with Gasteiger partial charge in [-0.2, -0.15) is 0 Å². The highest BCUT2D eigenvalue weighted by molar-refractivity contribution is 5.36. The Kier molecular flexibility index (Phi) is 3.68. The third kappa shape index (κ3) is 2.51. The summed E-state index contributed by atoms with van der Waals surface area (Å²) in [5, 5.41) is 0. The molecule has 3 rings (SSSR count). The zero-order valence-electron chi connectivity index (χ0n) is 11.1. The van der Waals surface area contributed by atoms with Gasteiger partial charge in [0.05, 0.1) is 0 Å². The molecule has 3 aliphatic rings. The minimum atomic E-state index is 0.938. The van der Waals surface area contributed by atoms with Crippen LogP contribution in [0.2, 0.25) is 0 Å². The molecular formula is C17H26. The number of allylic oxidation sites excluding steroid dienone is 4. The molecule has 0 aromatic rings. The lowest BCUT2D eigenvalue weighted by molar-refractivity contribution is 0.258. The molecular weight excluding hydrogens is 204 g/mol. The van der Waals surface area contributed by atoms with E-state index >= 15 is 0 Å². The summed E-state index contributed by atoms with van der Waals surface area (Å²) in [6.07, 6.45) is 21.0. The van der Waals surface area contributed by atoms with Gasteiger partial charge in [0, 0.05) is 0 Å². The molecule has 0 aromatic carbocycles. The fourth-order valence-corrected chi connectivity index (χ4v) is 4.23. The van der Waals surface area contributed by atoms with Crippen molar-refractivity contribution in [1.29, 1.82) is 0 Å². The van der Waals surface area contributed by atoms with Crippen LogP contribution in [0.15, 0.2) is 23.3 Å². The van der Waals surface area contributed by atoms with Gasteiger partial charge in [-0.3, -0.25) is 0 Å². The average Bonchev–Trinajstić information content (AvgIpc) is 2.94. The van der Waals surface area contributed by atoms with E-state index in [0.29, 0.717) is 0 Å². The van der Waals surface area contributed by atoms with Crippen molar-refractivity contribution in [2.45, 2.75) is 70.6 Å². The molecule has 0 nitrogen and oxygen atoms in total. The van der Waals surface area contributed by atoms with Gasteiger partial charge in [-0.25, -0.2) is 0 Å². The molecule has 1 fully saturated rings. The summed E-state index contributed by atoms with van der Waals surface area (Å²) in [7, 11) is 0. The van der Waals surface area contributed by atoms with E-state index in [-0.39, 0.29) is 0 Å². The fraction of sp³-hybridized carbons (Fsp3) is 0.765. The first-order valence-electron chi connectivity index (χ1n) is 7.84. The molecule has 0 amide bonds. The Balaban J connectivity index is 1.76. The Labute approximate surface area is 106 Å². The van der Waals surface area contributed by atoms with Crippen LogP contribution in [0.25, 0.3) is 0 Å². The van der Waals surface area contributed by atoms with E-state index in [2.05, 4.69) is 12.2 Å². The van der Waals surface area contributed by atoms with Crippen molar-refractivity contribution >= 4 is 0 Å². The second-order valence-corrected chi connectivity index (χ2v) is 6.22. The van der Waals surface area contributed by atoms with Crippen LogP contribution < -0.4 is 0 Å². The zero-order chi connectivity index (χ0) is 11.5. The molecule has 0 N–H and O–H groups in total. The lowest BCUT2D eigenvalue weighted by atomic mass is 9.70. The second kappa shape index (κ2) is 5.42. The summed E-state index contributed by atoms with van der Waals surface area (Å²) in [6.45, 7) is 0. The Morgan fingerprint density at radius 2 is 1.59 bits per heavy atom. The monoisotopic (exact) mass is 230 g/mol. The van der Waals surface area contributed by atoms with Crippen LogP contribution >= 0.6 is 0 Å². The first-order chi connectivity index (χ1) is 8.45. The van der Waals surface area contributed by atoms with Gasteiger partial charge >= 0.3 is 0 Å². The maximum absolute atomic E-state index is 2.60. The lowest BCUT2D eigenvalue weighted by Crippen LogP contribution is -2.22. The predicted octanol–water partition coefficient (Wildman–Crippen LogP) is 5.40. The Morgan fingerprint density at radius 1 is 0.765 bits per heavy atom. The van der Waals surface area contributed by atoms with Crippen molar-refractivity contribution in [2.75, 3.05) is 0 Å². The Hall–Kier alpha value is -0.520. The van der Waals surface area contributed by atoms with Crippen LogP contribution in [0.5, 0.6) is 0 Å². The first kappa shape index (κ1) is 11.6. The lowest BCUT2D eigenvalue weighted by Gasteiger charge is -2.35. The minimum Gasteiger partial charge on any atom is -0.0810 e. The minimum absolute atomic E-state index is 0.938. The van der Waals surface area contributed by atoms with Gasteiger partial charge in [0.2, 0.25) is 0 Å². The van der Waals surface area contributed by atoms with E-state index in [4.69, 9.17) is 0 Å². The smallest absolute Gasteiger partial charge is 0.0134 e. The Morgan fingerprint density at radius 3 is 2.35 bits per heavy atom. The number of hydrogen-bond acceptors (Lipinski definition) is 0. The number of hydrogen-bond donors (Lipinski definition) is 0. The van der Waals surface area contributed by atoms with E-state index in [0.717, 1.165) is 11.8 Å². The summed E-state index contributed by atoms with van der Waals surface area (Å²) in [4.78, 5) is 0. The molecule has 1 saturated carbocycles. The number of rotatable bonds is 2. The van der Waals surface area contributed by atoms with Crippen molar-refractivity contribution in [1.82, 2.24) is 0 Å². The largest absolute Gasteiger partial charge is 0.0810 e. The highest BCUT2D eigenvalue weighted by atomic mass is 14.3. The van der Waals surface area contributed by atoms with Crippen LogP contribution in [0.1, 0.15) is 70.6 Å². The van der Waals surface area contributed by atoms with Crippen LogP contribution in [-0.4, -0.2) is 0 Å². The SMILES string of the molecule is C1=C(C2=CCCCC2C2CCCCC2)CCC1. The van der Waals surface area contributed by atoms with E-state index in [1.165, 1.54) is 70.6 Å². The molecule has 17 heavy (non-hydrogen) atoms. The van der Waals surface area contributed by atoms with Gasteiger partial charge in [-0.15, -0.1) is 0 Å². The van der Waals surface area contributed by atoms with E-state index < -0.39 is 0 Å². The van der Waals surface area contributed by atoms with Crippen molar-refractivity contribution < 1.29 is 0 Å². The van der Waals surface area contributed by atoms with Crippen molar-refractivity contribution in [3.63, 3.8) is 0 Å². The maximum Gasteiger partial charge on any atom is -0.0134 e. The van der Waals surface area contributed by atoms with Gasteiger partial charge in [0.25, 0.3) is 0 Å². The topological polar surface area (TPSA) is 0 Å². The first-order valence-corrected chi connectivity index (χ1v) is 7.84. The summed E-state index contributed by atoms with van der Waals surface area (Å²) < 4.78 is 0. The second-order valence-electron chi connectivity index (χ2n) is 6.22. The third-order valence-electron chi connectivity index (χ3n) is 5.11. The molecule has 1 atom stereocenters. The molecule has 0 aliphatic heterocycles. The molecule has 0 aromatic heterocycles.